The number of nitrogens with zero attached hydrogens (tertiary/aromatic N) is 3. The van der Waals surface area contributed by atoms with E-state index in [-0.39, 0.29) is 11.2 Å². The maximum atomic E-state index is 13.3. The van der Waals surface area contributed by atoms with Crippen LogP contribution in [-0.2, 0) is 4.79 Å². The highest BCUT2D eigenvalue weighted by Gasteiger charge is 2.25. The molecule has 0 aliphatic carbocycles. The van der Waals surface area contributed by atoms with Crippen molar-refractivity contribution in [3.05, 3.63) is 78.1 Å². The van der Waals surface area contributed by atoms with Gasteiger partial charge in [-0.25, -0.2) is 9.97 Å². The molecule has 2 aromatic carbocycles. The zero-order valence-electron chi connectivity index (χ0n) is 15.1. The molecule has 4 nitrogen and oxygen atoms in total. The number of para-hydroxylation sites is 2. The normalized spacial score (nSPS) is 11.8. The van der Waals surface area contributed by atoms with Gasteiger partial charge < -0.3 is 0 Å². The molecule has 1 aromatic heterocycles. The Morgan fingerprint density at radius 2 is 1.35 bits per heavy atom. The number of aromatic nitrogens is 2. The molecule has 0 saturated heterocycles. The number of carbonyl (C=O) groups is 1. The van der Waals surface area contributed by atoms with Crippen LogP contribution < -0.4 is 4.90 Å². The number of hydrogen-bond donors (Lipinski definition) is 0. The summed E-state index contributed by atoms with van der Waals surface area (Å²) in [5.41, 5.74) is 3.50. The van der Waals surface area contributed by atoms with Crippen LogP contribution in [-0.4, -0.2) is 21.1 Å². The monoisotopic (exact) mass is 363 g/mol. The fourth-order valence-electron chi connectivity index (χ4n) is 2.69. The lowest BCUT2D eigenvalue weighted by atomic mass is 10.2. The van der Waals surface area contributed by atoms with Crippen LogP contribution in [0.1, 0.15) is 18.3 Å². The lowest BCUT2D eigenvalue weighted by molar-refractivity contribution is -0.117. The molecule has 132 valence electrons. The van der Waals surface area contributed by atoms with Gasteiger partial charge in [0.25, 0.3) is 0 Å². The molecule has 1 heterocycles. The Kier molecular flexibility index (Phi) is 5.68. The van der Waals surface area contributed by atoms with Crippen LogP contribution in [0.5, 0.6) is 0 Å². The van der Waals surface area contributed by atoms with E-state index in [2.05, 4.69) is 9.97 Å². The zero-order valence-corrected chi connectivity index (χ0v) is 15.9. The Morgan fingerprint density at radius 3 is 1.81 bits per heavy atom. The minimum Gasteiger partial charge on any atom is -0.280 e. The molecule has 0 N–H and O–H groups in total. The van der Waals surface area contributed by atoms with Gasteiger partial charge in [0.15, 0.2) is 5.16 Å². The lowest BCUT2D eigenvalue weighted by Crippen LogP contribution is -2.32. The van der Waals surface area contributed by atoms with E-state index in [0.29, 0.717) is 5.16 Å². The summed E-state index contributed by atoms with van der Waals surface area (Å²) < 4.78 is 0. The minimum atomic E-state index is -0.323. The number of thioether (sulfide) groups is 1. The molecule has 0 aliphatic heterocycles. The maximum Gasteiger partial charge on any atom is 0.244 e. The molecule has 3 rings (SSSR count). The Bertz CT molecular complexity index is 825. The first kappa shape index (κ1) is 18.1. The Labute approximate surface area is 158 Å². The highest BCUT2D eigenvalue weighted by atomic mass is 32.2. The first-order valence-corrected chi connectivity index (χ1v) is 9.35. The van der Waals surface area contributed by atoms with Gasteiger partial charge in [-0.05, 0) is 51.1 Å². The van der Waals surface area contributed by atoms with Crippen LogP contribution in [0, 0.1) is 13.8 Å². The molecule has 26 heavy (non-hydrogen) atoms. The van der Waals surface area contributed by atoms with Crippen molar-refractivity contribution in [2.24, 2.45) is 0 Å². The topological polar surface area (TPSA) is 46.1 Å². The summed E-state index contributed by atoms with van der Waals surface area (Å²) in [5, 5.41) is 0.307. The third-order valence-electron chi connectivity index (χ3n) is 3.84. The molecule has 0 aliphatic rings. The van der Waals surface area contributed by atoms with Gasteiger partial charge in [-0.2, -0.15) is 0 Å². The van der Waals surface area contributed by atoms with E-state index in [9.17, 15) is 4.79 Å². The van der Waals surface area contributed by atoms with Crippen LogP contribution in [0.15, 0.2) is 71.9 Å². The quantitative estimate of drug-likeness (QED) is 0.476. The summed E-state index contributed by atoms with van der Waals surface area (Å²) >= 11 is 1.38. The molecule has 1 amide bonds. The molecule has 5 heteroatoms. The van der Waals surface area contributed by atoms with Gasteiger partial charge in [0.2, 0.25) is 5.91 Å². The van der Waals surface area contributed by atoms with Gasteiger partial charge >= 0.3 is 0 Å². The van der Waals surface area contributed by atoms with Crippen LogP contribution in [0.25, 0.3) is 0 Å². The van der Waals surface area contributed by atoms with Crippen molar-refractivity contribution in [3.63, 3.8) is 0 Å². The van der Waals surface area contributed by atoms with Crippen LogP contribution in [0.3, 0.4) is 0 Å². The summed E-state index contributed by atoms with van der Waals surface area (Å²) in [6.45, 7) is 5.77. The number of carbonyl (C=O) groups excluding carboxylic acids is 1. The van der Waals surface area contributed by atoms with Crippen molar-refractivity contribution in [1.82, 2.24) is 9.97 Å². The smallest absolute Gasteiger partial charge is 0.244 e. The van der Waals surface area contributed by atoms with Crippen molar-refractivity contribution in [1.29, 1.82) is 0 Å². The van der Waals surface area contributed by atoms with Crippen LogP contribution >= 0.6 is 11.8 Å². The Morgan fingerprint density at radius 1 is 0.885 bits per heavy atom. The van der Waals surface area contributed by atoms with Crippen LogP contribution in [0.2, 0.25) is 0 Å². The van der Waals surface area contributed by atoms with Gasteiger partial charge in [-0.3, -0.25) is 9.69 Å². The fourth-order valence-corrected chi connectivity index (χ4v) is 3.61. The van der Waals surface area contributed by atoms with Crippen LogP contribution in [0.4, 0.5) is 11.4 Å². The molecular formula is C21H21N3OS. The number of benzene rings is 2. The molecule has 1 unspecified atom stereocenters. The summed E-state index contributed by atoms with van der Waals surface area (Å²) in [7, 11) is 0. The standard InChI is InChI=1S/C21H21N3OS/c1-15-14-16(2)23-21(22-15)26-17(3)20(25)24(18-10-6-4-7-11-18)19-12-8-5-9-13-19/h4-14,17H,1-3H3. The number of anilines is 2. The molecule has 0 bridgehead atoms. The van der Waals surface area contributed by atoms with Gasteiger partial charge in [0.05, 0.1) is 5.25 Å². The van der Waals surface area contributed by atoms with Crippen molar-refractivity contribution in [2.45, 2.75) is 31.2 Å². The molecule has 3 aromatic rings. The second kappa shape index (κ2) is 8.15. The average molecular weight is 363 g/mol. The predicted octanol–water partition coefficient (Wildman–Crippen LogP) is 4.94. The molecule has 0 spiro atoms. The van der Waals surface area contributed by atoms with E-state index in [0.717, 1.165) is 22.8 Å². The van der Waals surface area contributed by atoms with Gasteiger partial charge in [-0.1, -0.05) is 48.2 Å². The number of rotatable bonds is 5. The molecule has 0 saturated carbocycles. The first-order valence-electron chi connectivity index (χ1n) is 8.47. The third-order valence-corrected chi connectivity index (χ3v) is 4.79. The number of hydrogen-bond acceptors (Lipinski definition) is 4. The zero-order chi connectivity index (χ0) is 18.5. The van der Waals surface area contributed by atoms with E-state index in [1.54, 1.807) is 4.90 Å². The molecule has 0 radical (unpaired) electrons. The predicted molar refractivity (Wildman–Crippen MR) is 107 cm³/mol. The van der Waals surface area contributed by atoms with Crippen molar-refractivity contribution < 1.29 is 4.79 Å². The number of amides is 1. The third kappa shape index (κ3) is 4.29. The summed E-state index contributed by atoms with van der Waals surface area (Å²) in [6.07, 6.45) is 0. The Balaban J connectivity index is 1.90. The second-order valence-electron chi connectivity index (χ2n) is 6.04. The van der Waals surface area contributed by atoms with Gasteiger partial charge in [0.1, 0.15) is 0 Å². The van der Waals surface area contributed by atoms with E-state index in [4.69, 9.17) is 0 Å². The van der Waals surface area contributed by atoms with E-state index >= 15 is 0 Å². The Hall–Kier alpha value is -2.66. The van der Waals surface area contributed by atoms with Gasteiger partial charge in [-0.15, -0.1) is 0 Å². The molecule has 1 atom stereocenters. The highest BCUT2D eigenvalue weighted by molar-refractivity contribution is 8.00. The summed E-state index contributed by atoms with van der Waals surface area (Å²) in [4.78, 5) is 23.9. The van der Waals surface area contributed by atoms with Crippen molar-refractivity contribution in [3.8, 4) is 0 Å². The highest BCUT2D eigenvalue weighted by Crippen LogP contribution is 2.30. The van der Waals surface area contributed by atoms with Gasteiger partial charge in [0, 0.05) is 22.8 Å². The second-order valence-corrected chi connectivity index (χ2v) is 7.35. The van der Waals surface area contributed by atoms with E-state index < -0.39 is 0 Å². The largest absolute Gasteiger partial charge is 0.280 e. The fraction of sp³-hybridized carbons (Fsp3) is 0.190. The SMILES string of the molecule is Cc1cc(C)nc(SC(C)C(=O)N(c2ccccc2)c2ccccc2)n1. The maximum absolute atomic E-state index is 13.3. The van der Waals surface area contributed by atoms with Crippen molar-refractivity contribution in [2.75, 3.05) is 4.90 Å². The van der Waals surface area contributed by atoms with E-state index in [1.807, 2.05) is 87.5 Å². The summed E-state index contributed by atoms with van der Waals surface area (Å²) in [5.74, 6) is -0.00448. The van der Waals surface area contributed by atoms with Crippen molar-refractivity contribution >= 4 is 29.0 Å². The minimum absolute atomic E-state index is 0.00448. The average Bonchev–Trinajstić information content (AvgIpc) is 2.63. The van der Waals surface area contributed by atoms with E-state index in [1.165, 1.54) is 11.8 Å². The molecule has 0 fully saturated rings. The summed E-state index contributed by atoms with van der Waals surface area (Å²) in [6, 6.07) is 21.3. The lowest BCUT2D eigenvalue weighted by Gasteiger charge is -2.25. The number of aryl methyl sites for hydroxylation is 2. The molecular weight excluding hydrogens is 342 g/mol. The first-order chi connectivity index (χ1) is 12.5.